The predicted octanol–water partition coefficient (Wildman–Crippen LogP) is 3.98. The van der Waals surface area contributed by atoms with E-state index in [-0.39, 0.29) is 18.9 Å². The average molecular weight is 596 g/mol. The summed E-state index contributed by atoms with van der Waals surface area (Å²) < 4.78 is 11.1. The number of unbranched alkanes of at least 4 members (excludes halogenated alkanes) is 5. The molecule has 0 aliphatic carbocycles. The summed E-state index contributed by atoms with van der Waals surface area (Å²) in [7, 11) is 0. The first-order valence-corrected chi connectivity index (χ1v) is 15.8. The van der Waals surface area contributed by atoms with Gasteiger partial charge in [-0.05, 0) is 38.5 Å². The van der Waals surface area contributed by atoms with E-state index in [1.165, 1.54) is 6.42 Å². The summed E-state index contributed by atoms with van der Waals surface area (Å²) in [6.45, 7) is 3.54. The zero-order valence-electron chi connectivity index (χ0n) is 25.7. The Morgan fingerprint density at radius 1 is 0.833 bits per heavy atom. The normalized spacial score (nSPS) is 24.8. The zero-order chi connectivity index (χ0) is 31.0. The lowest BCUT2D eigenvalue weighted by Crippen LogP contribution is -2.60. The maximum atomic E-state index is 12.7. The molecule has 1 saturated heterocycles. The third-order valence-corrected chi connectivity index (χ3v) is 7.21. The standard InChI is InChI=1S/C33H57NO8/c1-3-5-7-9-11-12-13-14-15-16-17-19-21-23-29(37)34-26(27(36)22-20-18-10-8-6-4-2)25-41-33-32(40)31(39)30(38)28(24-35)42-33/h5,7,11-12,14-15,17,19,26-28,30-33,35-36,38-40H,3-4,6,8-10,13,16,18,20-25H2,1-2H3,(H,34,37)/b7-5-,12-11-,15-14-,19-17-. The molecule has 1 amide bonds. The number of allylic oxidation sites excluding steroid dienone is 8. The van der Waals surface area contributed by atoms with Crippen LogP contribution in [0.4, 0.5) is 0 Å². The highest BCUT2D eigenvalue weighted by Gasteiger charge is 2.44. The zero-order valence-corrected chi connectivity index (χ0v) is 25.7. The molecule has 1 aliphatic heterocycles. The molecule has 7 unspecified atom stereocenters. The summed E-state index contributed by atoms with van der Waals surface area (Å²) >= 11 is 0. The fourth-order valence-corrected chi connectivity index (χ4v) is 4.58. The van der Waals surface area contributed by atoms with Crippen LogP contribution in [0.1, 0.15) is 97.3 Å². The van der Waals surface area contributed by atoms with E-state index in [1.54, 1.807) is 0 Å². The lowest BCUT2D eigenvalue weighted by Gasteiger charge is -2.40. The highest BCUT2D eigenvalue weighted by molar-refractivity contribution is 5.76. The Hall–Kier alpha value is -1.85. The second-order valence-corrected chi connectivity index (χ2v) is 10.9. The molecule has 242 valence electrons. The maximum absolute atomic E-state index is 12.7. The predicted molar refractivity (Wildman–Crippen MR) is 166 cm³/mol. The first-order valence-electron chi connectivity index (χ1n) is 15.8. The van der Waals surface area contributed by atoms with E-state index in [4.69, 9.17) is 9.47 Å². The largest absolute Gasteiger partial charge is 0.394 e. The molecule has 0 saturated carbocycles. The van der Waals surface area contributed by atoms with Gasteiger partial charge >= 0.3 is 0 Å². The molecule has 0 bridgehead atoms. The highest BCUT2D eigenvalue weighted by Crippen LogP contribution is 2.22. The number of nitrogens with one attached hydrogen (secondary N) is 1. The first-order chi connectivity index (χ1) is 20.3. The molecule has 42 heavy (non-hydrogen) atoms. The number of aliphatic hydroxyl groups is 5. The van der Waals surface area contributed by atoms with Crippen LogP contribution in [0.3, 0.4) is 0 Å². The number of amides is 1. The molecule has 1 aliphatic rings. The van der Waals surface area contributed by atoms with Gasteiger partial charge in [0.05, 0.1) is 25.4 Å². The molecule has 0 aromatic rings. The molecule has 1 rings (SSSR count). The molecule has 1 heterocycles. The second kappa shape index (κ2) is 24.6. The van der Waals surface area contributed by atoms with Crippen LogP contribution in [-0.2, 0) is 14.3 Å². The monoisotopic (exact) mass is 595 g/mol. The summed E-state index contributed by atoms with van der Waals surface area (Å²) in [5.41, 5.74) is 0. The van der Waals surface area contributed by atoms with Gasteiger partial charge in [-0.15, -0.1) is 0 Å². The third kappa shape index (κ3) is 16.7. The smallest absolute Gasteiger partial charge is 0.220 e. The minimum Gasteiger partial charge on any atom is -0.394 e. The molecule has 0 radical (unpaired) electrons. The Balaban J connectivity index is 2.55. The maximum Gasteiger partial charge on any atom is 0.220 e. The molecule has 0 aromatic carbocycles. The minimum absolute atomic E-state index is 0.171. The topological polar surface area (TPSA) is 149 Å². The summed E-state index contributed by atoms with van der Waals surface area (Å²) in [5, 5.41) is 53.4. The van der Waals surface area contributed by atoms with Crippen LogP contribution in [0, 0.1) is 0 Å². The average Bonchev–Trinajstić information content (AvgIpc) is 2.98. The Morgan fingerprint density at radius 2 is 1.43 bits per heavy atom. The van der Waals surface area contributed by atoms with Crippen molar-refractivity contribution in [3.63, 3.8) is 0 Å². The van der Waals surface area contributed by atoms with E-state index in [0.29, 0.717) is 12.8 Å². The van der Waals surface area contributed by atoms with Crippen LogP contribution >= 0.6 is 0 Å². The summed E-state index contributed by atoms with van der Waals surface area (Å²) in [5.74, 6) is -0.234. The van der Waals surface area contributed by atoms with Gasteiger partial charge in [0, 0.05) is 6.42 Å². The number of rotatable bonds is 23. The molecular weight excluding hydrogens is 538 g/mol. The molecular formula is C33H57NO8. The van der Waals surface area contributed by atoms with E-state index in [9.17, 15) is 30.3 Å². The van der Waals surface area contributed by atoms with Gasteiger partial charge < -0.3 is 40.3 Å². The first kappa shape index (κ1) is 38.2. The molecule has 9 nitrogen and oxygen atoms in total. The summed E-state index contributed by atoms with van der Waals surface area (Å²) in [4.78, 5) is 12.7. The van der Waals surface area contributed by atoms with Crippen molar-refractivity contribution in [2.45, 2.75) is 140 Å². The summed E-state index contributed by atoms with van der Waals surface area (Å²) in [6, 6.07) is -0.752. The van der Waals surface area contributed by atoms with Crippen molar-refractivity contribution < 1.29 is 39.8 Å². The van der Waals surface area contributed by atoms with Gasteiger partial charge in [-0.2, -0.15) is 0 Å². The van der Waals surface area contributed by atoms with E-state index < -0.39 is 49.5 Å². The van der Waals surface area contributed by atoms with Gasteiger partial charge in [0.1, 0.15) is 24.4 Å². The SMILES string of the molecule is CC/C=C\C/C=C\C/C=C\C/C=C\CCC(=O)NC(COC1OC(CO)C(O)C(O)C1O)C(O)CCCCCCCC. The van der Waals surface area contributed by atoms with Crippen LogP contribution in [0.25, 0.3) is 0 Å². The van der Waals surface area contributed by atoms with Gasteiger partial charge in [-0.1, -0.05) is 101 Å². The molecule has 9 heteroatoms. The van der Waals surface area contributed by atoms with Crippen molar-refractivity contribution in [2.75, 3.05) is 13.2 Å². The molecule has 7 atom stereocenters. The Bertz CT molecular complexity index is 797. The Morgan fingerprint density at radius 3 is 2.05 bits per heavy atom. The Kier molecular flexibility index (Phi) is 22.3. The fourth-order valence-electron chi connectivity index (χ4n) is 4.58. The number of hydrogen-bond acceptors (Lipinski definition) is 8. The van der Waals surface area contributed by atoms with Crippen LogP contribution in [0.5, 0.6) is 0 Å². The van der Waals surface area contributed by atoms with Crippen molar-refractivity contribution in [2.24, 2.45) is 0 Å². The van der Waals surface area contributed by atoms with Gasteiger partial charge in [0.25, 0.3) is 0 Å². The van der Waals surface area contributed by atoms with E-state index >= 15 is 0 Å². The van der Waals surface area contributed by atoms with E-state index in [1.807, 2.05) is 12.2 Å². The van der Waals surface area contributed by atoms with Crippen molar-refractivity contribution in [1.29, 1.82) is 0 Å². The Labute approximate surface area is 253 Å². The van der Waals surface area contributed by atoms with Crippen LogP contribution in [0.15, 0.2) is 48.6 Å². The van der Waals surface area contributed by atoms with Crippen LogP contribution in [0.2, 0.25) is 0 Å². The van der Waals surface area contributed by atoms with Crippen molar-refractivity contribution in [1.82, 2.24) is 5.32 Å². The third-order valence-electron chi connectivity index (χ3n) is 7.21. The van der Waals surface area contributed by atoms with E-state index in [2.05, 4.69) is 55.6 Å². The molecule has 0 aromatic heterocycles. The molecule has 0 spiro atoms. The molecule has 1 fully saturated rings. The fraction of sp³-hybridized carbons (Fsp3) is 0.727. The van der Waals surface area contributed by atoms with Crippen molar-refractivity contribution in [3.8, 4) is 0 Å². The van der Waals surface area contributed by atoms with Gasteiger partial charge in [-0.25, -0.2) is 0 Å². The number of carbonyl (C=O) groups excluding carboxylic acids is 1. The quantitative estimate of drug-likeness (QED) is 0.0768. The van der Waals surface area contributed by atoms with E-state index in [0.717, 1.165) is 57.8 Å². The van der Waals surface area contributed by atoms with Crippen molar-refractivity contribution >= 4 is 5.91 Å². The number of ether oxygens (including phenoxy) is 2. The highest BCUT2D eigenvalue weighted by atomic mass is 16.7. The van der Waals surface area contributed by atoms with Crippen molar-refractivity contribution in [3.05, 3.63) is 48.6 Å². The number of aliphatic hydroxyl groups excluding tert-OH is 5. The number of carbonyl (C=O) groups is 1. The lowest BCUT2D eigenvalue weighted by molar-refractivity contribution is -0.302. The van der Waals surface area contributed by atoms with Crippen LogP contribution in [-0.4, -0.2) is 87.5 Å². The van der Waals surface area contributed by atoms with Gasteiger partial charge in [0.15, 0.2) is 6.29 Å². The summed E-state index contributed by atoms with van der Waals surface area (Å²) in [6.07, 6.45) is 20.3. The van der Waals surface area contributed by atoms with Crippen LogP contribution < -0.4 is 5.32 Å². The number of hydrogen-bond donors (Lipinski definition) is 6. The lowest BCUT2D eigenvalue weighted by atomic mass is 9.99. The second-order valence-electron chi connectivity index (χ2n) is 10.9. The molecule has 6 N–H and O–H groups in total. The van der Waals surface area contributed by atoms with Gasteiger partial charge in [0.2, 0.25) is 5.91 Å². The van der Waals surface area contributed by atoms with Gasteiger partial charge in [-0.3, -0.25) is 4.79 Å². The minimum atomic E-state index is -1.56.